The van der Waals surface area contributed by atoms with Crippen LogP contribution >= 0.6 is 11.8 Å². The monoisotopic (exact) mass is 590 g/mol. The molecule has 9 nitrogen and oxygen atoms in total. The topological polar surface area (TPSA) is 120 Å². The lowest BCUT2D eigenvalue weighted by molar-refractivity contribution is -0.146. The fourth-order valence-corrected chi connectivity index (χ4v) is 6.03. The summed E-state index contributed by atoms with van der Waals surface area (Å²) >= 11 is 1.45. The number of aryl methyl sites for hydroxylation is 2. The molecular formula is C32H38N4O5S. The Morgan fingerprint density at radius 3 is 2.45 bits per heavy atom. The molecule has 0 saturated carbocycles. The lowest BCUT2D eigenvalue weighted by Crippen LogP contribution is -2.56. The van der Waals surface area contributed by atoms with Crippen LogP contribution in [0.5, 0.6) is 5.75 Å². The summed E-state index contributed by atoms with van der Waals surface area (Å²) in [6.07, 6.45) is -1.35. The maximum Gasteiger partial charge on any atom is 0.258 e. The lowest BCUT2D eigenvalue weighted by Gasteiger charge is -2.30. The highest BCUT2D eigenvalue weighted by atomic mass is 32.2. The van der Waals surface area contributed by atoms with Crippen LogP contribution in [-0.4, -0.2) is 71.2 Å². The number of hydrogen-bond donors (Lipinski definition) is 4. The van der Waals surface area contributed by atoms with Gasteiger partial charge in [0.1, 0.15) is 11.8 Å². The van der Waals surface area contributed by atoms with E-state index in [4.69, 9.17) is 4.74 Å². The summed E-state index contributed by atoms with van der Waals surface area (Å²) in [6.45, 7) is 3.91. The average Bonchev–Trinajstić information content (AvgIpc) is 3.49. The van der Waals surface area contributed by atoms with Gasteiger partial charge in [-0.2, -0.15) is 0 Å². The zero-order valence-electron chi connectivity index (χ0n) is 24.1. The SMILES string of the molecule is CNc1cccc(C)c1OCC(=O)N[C@@H](Cc1ccccc1)[C@H](O)C(=O)N1CSC[C@H]1C(=O)NCc1ccccc1C. The summed E-state index contributed by atoms with van der Waals surface area (Å²) < 4.78 is 5.82. The van der Waals surface area contributed by atoms with E-state index in [-0.39, 0.29) is 24.8 Å². The number of nitrogens with one attached hydrogen (secondary N) is 3. The molecule has 1 aliphatic heterocycles. The van der Waals surface area contributed by atoms with Crippen molar-refractivity contribution in [2.45, 2.75) is 45.0 Å². The Morgan fingerprint density at radius 1 is 1.00 bits per heavy atom. The quantitative estimate of drug-likeness (QED) is 0.256. The molecule has 0 radical (unpaired) electrons. The molecule has 0 spiro atoms. The van der Waals surface area contributed by atoms with Crippen LogP contribution < -0.4 is 20.7 Å². The molecule has 42 heavy (non-hydrogen) atoms. The fourth-order valence-electron chi connectivity index (χ4n) is 4.86. The molecule has 3 aromatic carbocycles. The summed E-state index contributed by atoms with van der Waals surface area (Å²) in [7, 11) is 1.77. The molecule has 1 aliphatic rings. The standard InChI is InChI=1S/C32H38N4O5S/c1-21-10-7-8-14-24(21)17-34-31(39)27-19-42-20-36(27)32(40)29(38)26(16-23-12-5-4-6-13-23)35-28(37)18-41-30-22(2)11-9-15-25(30)33-3/h4-15,26-27,29,33,38H,16-20H2,1-3H3,(H,34,39)(H,35,37)/t26-,27-,29-/m0/s1. The molecule has 10 heteroatoms. The number of carbonyl (C=O) groups is 3. The molecular weight excluding hydrogens is 552 g/mol. The van der Waals surface area contributed by atoms with Gasteiger partial charge < -0.3 is 30.7 Å². The van der Waals surface area contributed by atoms with Crippen LogP contribution in [0.15, 0.2) is 72.8 Å². The predicted octanol–water partition coefficient (Wildman–Crippen LogP) is 3.03. The van der Waals surface area contributed by atoms with E-state index in [0.29, 0.717) is 18.0 Å². The molecule has 4 N–H and O–H groups in total. The molecule has 3 amide bonds. The Hall–Kier alpha value is -4.02. The van der Waals surface area contributed by atoms with Crippen LogP contribution in [0.4, 0.5) is 5.69 Å². The third-order valence-electron chi connectivity index (χ3n) is 7.29. The summed E-state index contributed by atoms with van der Waals surface area (Å²) in [6, 6.07) is 21.1. The number of anilines is 1. The summed E-state index contributed by atoms with van der Waals surface area (Å²) in [4.78, 5) is 41.1. The van der Waals surface area contributed by atoms with Gasteiger partial charge in [-0.25, -0.2) is 0 Å². The molecule has 4 rings (SSSR count). The second-order valence-corrected chi connectivity index (χ2v) is 11.3. The minimum Gasteiger partial charge on any atom is -0.481 e. The normalized spacial score (nSPS) is 15.9. The minimum absolute atomic E-state index is 0.219. The molecule has 1 saturated heterocycles. The first kappa shape index (κ1) is 30.9. The van der Waals surface area contributed by atoms with Gasteiger partial charge in [0, 0.05) is 19.3 Å². The van der Waals surface area contributed by atoms with E-state index in [0.717, 1.165) is 27.9 Å². The van der Waals surface area contributed by atoms with Crippen molar-refractivity contribution < 1.29 is 24.2 Å². The number of thioether (sulfide) groups is 1. The first-order chi connectivity index (χ1) is 20.3. The van der Waals surface area contributed by atoms with Gasteiger partial charge in [0.25, 0.3) is 11.8 Å². The maximum absolute atomic E-state index is 13.6. The molecule has 0 unspecified atom stereocenters. The number of amides is 3. The second kappa shape index (κ2) is 14.7. The van der Waals surface area contributed by atoms with E-state index in [1.807, 2.05) is 86.6 Å². The van der Waals surface area contributed by atoms with Gasteiger partial charge in [-0.15, -0.1) is 11.8 Å². The third kappa shape index (κ3) is 7.83. The van der Waals surface area contributed by atoms with Gasteiger partial charge in [-0.3, -0.25) is 14.4 Å². The molecule has 0 aromatic heterocycles. The largest absolute Gasteiger partial charge is 0.481 e. The summed E-state index contributed by atoms with van der Waals surface area (Å²) in [5.41, 5.74) is 4.51. The number of para-hydroxylation sites is 1. The van der Waals surface area contributed by atoms with Crippen LogP contribution in [-0.2, 0) is 27.3 Å². The van der Waals surface area contributed by atoms with Crippen LogP contribution in [0.2, 0.25) is 0 Å². The summed E-state index contributed by atoms with van der Waals surface area (Å²) in [5, 5.41) is 20.1. The van der Waals surface area contributed by atoms with E-state index in [9.17, 15) is 19.5 Å². The molecule has 1 fully saturated rings. The first-order valence-corrected chi connectivity index (χ1v) is 15.1. The van der Waals surface area contributed by atoms with Crippen molar-refractivity contribution in [2.24, 2.45) is 0 Å². The Labute approximate surface area is 251 Å². The second-order valence-electron chi connectivity index (χ2n) is 10.3. The smallest absolute Gasteiger partial charge is 0.258 e. The third-order valence-corrected chi connectivity index (χ3v) is 8.30. The molecule has 0 bridgehead atoms. The number of ether oxygens (including phenoxy) is 1. The number of aliphatic hydroxyl groups excluding tert-OH is 1. The van der Waals surface area contributed by atoms with Gasteiger partial charge in [-0.05, 0) is 48.6 Å². The highest BCUT2D eigenvalue weighted by Gasteiger charge is 2.40. The van der Waals surface area contributed by atoms with Gasteiger partial charge in [0.2, 0.25) is 5.91 Å². The van der Waals surface area contributed by atoms with Crippen LogP contribution in [0.1, 0.15) is 22.3 Å². The Morgan fingerprint density at radius 2 is 1.71 bits per heavy atom. The molecule has 222 valence electrons. The average molecular weight is 591 g/mol. The van der Waals surface area contributed by atoms with Crippen molar-refractivity contribution in [3.05, 3.63) is 95.1 Å². The zero-order valence-corrected chi connectivity index (χ0v) is 24.9. The molecule has 3 atom stereocenters. The van der Waals surface area contributed by atoms with Gasteiger partial charge in [0.05, 0.1) is 17.6 Å². The van der Waals surface area contributed by atoms with Gasteiger partial charge in [0.15, 0.2) is 12.7 Å². The number of rotatable bonds is 12. The van der Waals surface area contributed by atoms with E-state index >= 15 is 0 Å². The van der Waals surface area contributed by atoms with Crippen molar-refractivity contribution in [2.75, 3.05) is 30.6 Å². The van der Waals surface area contributed by atoms with Crippen molar-refractivity contribution in [1.29, 1.82) is 0 Å². The van der Waals surface area contributed by atoms with Crippen LogP contribution in [0.3, 0.4) is 0 Å². The van der Waals surface area contributed by atoms with E-state index in [1.165, 1.54) is 16.7 Å². The van der Waals surface area contributed by atoms with Crippen LogP contribution in [0, 0.1) is 13.8 Å². The van der Waals surface area contributed by atoms with E-state index < -0.39 is 30.0 Å². The van der Waals surface area contributed by atoms with E-state index in [1.54, 1.807) is 7.05 Å². The predicted molar refractivity (Wildman–Crippen MR) is 165 cm³/mol. The lowest BCUT2D eigenvalue weighted by atomic mass is 9.99. The Kier molecular flexibility index (Phi) is 10.9. The number of nitrogens with zero attached hydrogens (tertiary/aromatic N) is 1. The maximum atomic E-state index is 13.6. The minimum atomic E-state index is -1.56. The number of benzene rings is 3. The van der Waals surface area contributed by atoms with Gasteiger partial charge in [-0.1, -0.05) is 66.7 Å². The fraction of sp³-hybridized carbons (Fsp3) is 0.344. The number of aliphatic hydroxyl groups is 1. The van der Waals surface area contributed by atoms with Gasteiger partial charge >= 0.3 is 0 Å². The van der Waals surface area contributed by atoms with Crippen LogP contribution in [0.25, 0.3) is 0 Å². The number of hydrogen-bond acceptors (Lipinski definition) is 7. The summed E-state index contributed by atoms with van der Waals surface area (Å²) in [5.74, 6) is -0.107. The number of carbonyl (C=O) groups excluding carboxylic acids is 3. The first-order valence-electron chi connectivity index (χ1n) is 13.9. The van der Waals surface area contributed by atoms with Crippen molar-refractivity contribution in [1.82, 2.24) is 15.5 Å². The Bertz CT molecular complexity index is 1390. The van der Waals surface area contributed by atoms with E-state index in [2.05, 4.69) is 16.0 Å². The van der Waals surface area contributed by atoms with Crippen molar-refractivity contribution >= 4 is 35.2 Å². The Balaban J connectivity index is 1.44. The molecule has 1 heterocycles. The zero-order chi connectivity index (χ0) is 30.1. The molecule has 3 aromatic rings. The van der Waals surface area contributed by atoms with Crippen molar-refractivity contribution in [3.63, 3.8) is 0 Å². The highest BCUT2D eigenvalue weighted by Crippen LogP contribution is 2.28. The molecule has 0 aliphatic carbocycles. The highest BCUT2D eigenvalue weighted by molar-refractivity contribution is 7.99. The van der Waals surface area contributed by atoms with Crippen molar-refractivity contribution in [3.8, 4) is 5.75 Å².